The first-order valence-corrected chi connectivity index (χ1v) is 11.1. The first-order valence-electron chi connectivity index (χ1n) is 10.4. The zero-order valence-electron chi connectivity index (χ0n) is 17.2. The summed E-state index contributed by atoms with van der Waals surface area (Å²) >= 11 is 1.51. The molecule has 1 aromatic carbocycles. The van der Waals surface area contributed by atoms with Gasteiger partial charge < -0.3 is 20.1 Å². The van der Waals surface area contributed by atoms with Crippen LogP contribution in [0.2, 0.25) is 0 Å². The van der Waals surface area contributed by atoms with Crippen LogP contribution in [0.1, 0.15) is 24.7 Å². The van der Waals surface area contributed by atoms with Gasteiger partial charge in [-0.2, -0.15) is 4.37 Å². The van der Waals surface area contributed by atoms with E-state index in [1.807, 2.05) is 7.05 Å². The lowest BCUT2D eigenvalue weighted by Gasteiger charge is -2.36. The third-order valence-corrected chi connectivity index (χ3v) is 6.23. The van der Waals surface area contributed by atoms with Gasteiger partial charge in [-0.1, -0.05) is 25.1 Å². The van der Waals surface area contributed by atoms with Crippen molar-refractivity contribution in [2.75, 3.05) is 44.7 Å². The minimum absolute atomic E-state index is 0.894. The van der Waals surface area contributed by atoms with Crippen molar-refractivity contribution < 1.29 is 0 Å². The molecule has 0 spiro atoms. The molecule has 0 saturated carbocycles. The maximum absolute atomic E-state index is 4.62. The van der Waals surface area contributed by atoms with Gasteiger partial charge in [-0.05, 0) is 24.5 Å². The first kappa shape index (κ1) is 19.7. The van der Waals surface area contributed by atoms with Crippen LogP contribution in [-0.2, 0) is 12.8 Å². The Morgan fingerprint density at radius 1 is 1.24 bits per heavy atom. The van der Waals surface area contributed by atoms with Crippen LogP contribution < -0.4 is 10.2 Å². The average molecular weight is 412 g/mol. The lowest BCUT2D eigenvalue weighted by Crippen LogP contribution is -2.52. The number of aromatic nitrogens is 3. The molecule has 154 valence electrons. The van der Waals surface area contributed by atoms with Crippen molar-refractivity contribution in [3.8, 4) is 0 Å². The van der Waals surface area contributed by atoms with Crippen molar-refractivity contribution in [3.05, 3.63) is 41.9 Å². The molecular formula is C21H29N7S. The van der Waals surface area contributed by atoms with E-state index in [1.54, 1.807) is 0 Å². The standard InChI is InChI=1S/C21H29N7S/c1-3-19-25-21(29-26-19)28-13-11-27(12-14-28)20(22-2)23-10-6-7-16-15-24-18-9-5-4-8-17(16)18/h4-5,8-9,15,24H,3,6-7,10-14H2,1-2H3,(H,22,23). The van der Waals surface area contributed by atoms with Crippen molar-refractivity contribution >= 4 is 33.5 Å². The number of nitrogens with zero attached hydrogens (tertiary/aromatic N) is 5. The van der Waals surface area contributed by atoms with E-state index >= 15 is 0 Å². The summed E-state index contributed by atoms with van der Waals surface area (Å²) in [6.07, 6.45) is 5.16. The van der Waals surface area contributed by atoms with E-state index in [4.69, 9.17) is 0 Å². The average Bonchev–Trinajstić information content (AvgIpc) is 3.41. The van der Waals surface area contributed by atoms with Crippen LogP contribution in [0.25, 0.3) is 10.9 Å². The van der Waals surface area contributed by atoms with Gasteiger partial charge in [0.1, 0.15) is 5.82 Å². The molecule has 2 N–H and O–H groups in total. The van der Waals surface area contributed by atoms with Crippen molar-refractivity contribution in [1.82, 2.24) is 24.6 Å². The number of H-pyrrole nitrogens is 1. The third-order valence-electron chi connectivity index (χ3n) is 5.42. The zero-order chi connectivity index (χ0) is 20.1. The monoisotopic (exact) mass is 411 g/mol. The second-order valence-electron chi connectivity index (χ2n) is 7.26. The normalized spacial score (nSPS) is 15.3. The fourth-order valence-electron chi connectivity index (χ4n) is 3.78. The number of benzene rings is 1. The number of rotatable bonds is 6. The predicted octanol–water partition coefficient (Wildman–Crippen LogP) is 2.91. The highest BCUT2D eigenvalue weighted by molar-refractivity contribution is 7.09. The molecule has 1 fully saturated rings. The van der Waals surface area contributed by atoms with E-state index in [-0.39, 0.29) is 0 Å². The fraction of sp³-hybridized carbons (Fsp3) is 0.476. The second kappa shape index (κ2) is 9.26. The van der Waals surface area contributed by atoms with Gasteiger partial charge in [0, 0.05) is 74.8 Å². The summed E-state index contributed by atoms with van der Waals surface area (Å²) < 4.78 is 4.41. The topological polar surface area (TPSA) is 72.4 Å². The molecule has 4 rings (SSSR count). The smallest absolute Gasteiger partial charge is 0.205 e. The third kappa shape index (κ3) is 4.53. The van der Waals surface area contributed by atoms with Crippen molar-refractivity contribution in [1.29, 1.82) is 0 Å². The van der Waals surface area contributed by atoms with Gasteiger partial charge in [0.25, 0.3) is 0 Å². The van der Waals surface area contributed by atoms with Crippen LogP contribution >= 0.6 is 11.5 Å². The first-order chi connectivity index (χ1) is 14.3. The van der Waals surface area contributed by atoms with Crippen molar-refractivity contribution in [2.24, 2.45) is 4.99 Å². The Morgan fingerprint density at radius 2 is 2.07 bits per heavy atom. The Balaban J connectivity index is 1.23. The van der Waals surface area contributed by atoms with E-state index in [0.717, 1.165) is 68.9 Å². The number of piperazine rings is 1. The number of aryl methyl sites for hydroxylation is 2. The summed E-state index contributed by atoms with van der Waals surface area (Å²) in [5, 5.41) is 5.91. The van der Waals surface area contributed by atoms with Gasteiger partial charge in [-0.15, -0.1) is 0 Å². The van der Waals surface area contributed by atoms with E-state index in [1.165, 1.54) is 28.0 Å². The van der Waals surface area contributed by atoms with Crippen LogP contribution in [0, 0.1) is 0 Å². The molecule has 0 atom stereocenters. The van der Waals surface area contributed by atoms with Gasteiger partial charge in [0.05, 0.1) is 0 Å². The van der Waals surface area contributed by atoms with Crippen LogP contribution in [0.5, 0.6) is 0 Å². The predicted molar refractivity (Wildman–Crippen MR) is 121 cm³/mol. The van der Waals surface area contributed by atoms with Crippen LogP contribution in [0.15, 0.2) is 35.5 Å². The highest BCUT2D eigenvalue weighted by atomic mass is 32.1. The van der Waals surface area contributed by atoms with Gasteiger partial charge in [-0.25, -0.2) is 4.98 Å². The molecular weight excluding hydrogens is 382 g/mol. The molecule has 7 nitrogen and oxygen atoms in total. The molecule has 0 amide bonds. The number of hydrogen-bond acceptors (Lipinski definition) is 5. The molecule has 1 saturated heterocycles. The van der Waals surface area contributed by atoms with Gasteiger partial charge in [0.2, 0.25) is 5.13 Å². The highest BCUT2D eigenvalue weighted by Gasteiger charge is 2.21. The van der Waals surface area contributed by atoms with Gasteiger partial charge in [-0.3, -0.25) is 4.99 Å². The van der Waals surface area contributed by atoms with E-state index in [9.17, 15) is 0 Å². The number of anilines is 1. The summed E-state index contributed by atoms with van der Waals surface area (Å²) in [4.78, 5) is 17.1. The zero-order valence-corrected chi connectivity index (χ0v) is 18.0. The molecule has 1 aliphatic heterocycles. The Labute approximate surface area is 176 Å². The molecule has 0 unspecified atom stereocenters. The Hall–Kier alpha value is -2.61. The molecule has 0 aliphatic carbocycles. The van der Waals surface area contributed by atoms with E-state index in [0.29, 0.717) is 0 Å². The Kier molecular flexibility index (Phi) is 6.29. The van der Waals surface area contributed by atoms with Gasteiger partial charge in [0.15, 0.2) is 5.96 Å². The number of para-hydroxylation sites is 1. The number of aliphatic imine (C=N–C) groups is 1. The number of fused-ring (bicyclic) bond motifs is 1. The minimum atomic E-state index is 0.894. The summed E-state index contributed by atoms with van der Waals surface area (Å²) in [5.41, 5.74) is 2.60. The summed E-state index contributed by atoms with van der Waals surface area (Å²) in [5.74, 6) is 1.94. The lowest BCUT2D eigenvalue weighted by atomic mass is 10.1. The maximum Gasteiger partial charge on any atom is 0.205 e. The second-order valence-corrected chi connectivity index (χ2v) is 7.99. The molecule has 29 heavy (non-hydrogen) atoms. The molecule has 2 aromatic heterocycles. The SMILES string of the molecule is CCc1nsc(N2CCN(C(=NC)NCCCc3c[nH]c4ccccc34)CC2)n1. The number of guanidine groups is 1. The molecule has 0 bridgehead atoms. The van der Waals surface area contributed by atoms with Crippen LogP contribution in [0.4, 0.5) is 5.13 Å². The molecule has 3 aromatic rings. The maximum atomic E-state index is 4.62. The molecule has 8 heteroatoms. The van der Waals surface area contributed by atoms with E-state index < -0.39 is 0 Å². The number of aromatic amines is 1. The van der Waals surface area contributed by atoms with Crippen LogP contribution in [0.3, 0.4) is 0 Å². The number of hydrogen-bond donors (Lipinski definition) is 2. The number of nitrogens with one attached hydrogen (secondary N) is 2. The van der Waals surface area contributed by atoms with E-state index in [2.05, 4.69) is 71.8 Å². The van der Waals surface area contributed by atoms with Gasteiger partial charge >= 0.3 is 0 Å². The minimum Gasteiger partial charge on any atom is -0.361 e. The molecule has 3 heterocycles. The van der Waals surface area contributed by atoms with Crippen molar-refractivity contribution in [3.63, 3.8) is 0 Å². The van der Waals surface area contributed by atoms with Crippen molar-refractivity contribution in [2.45, 2.75) is 26.2 Å². The largest absolute Gasteiger partial charge is 0.361 e. The van der Waals surface area contributed by atoms with Crippen LogP contribution in [-0.4, -0.2) is 65.0 Å². The summed E-state index contributed by atoms with van der Waals surface area (Å²) in [6, 6.07) is 8.49. The fourth-order valence-corrected chi connectivity index (χ4v) is 4.58. The molecule has 0 radical (unpaired) electrons. The highest BCUT2D eigenvalue weighted by Crippen LogP contribution is 2.20. The molecule has 1 aliphatic rings. The summed E-state index contributed by atoms with van der Waals surface area (Å²) in [7, 11) is 1.87. The quantitative estimate of drug-likeness (QED) is 0.371. The Morgan fingerprint density at radius 3 is 2.83 bits per heavy atom. The lowest BCUT2D eigenvalue weighted by molar-refractivity contribution is 0.372. The summed E-state index contributed by atoms with van der Waals surface area (Å²) in [6.45, 7) is 6.82. The Bertz CT molecular complexity index is 953.